The first-order chi connectivity index (χ1) is 11.1. The number of hydrogen-bond donors (Lipinski definition) is 3. The van der Waals surface area contributed by atoms with Crippen LogP contribution >= 0.6 is 15.9 Å². The van der Waals surface area contributed by atoms with Crippen molar-refractivity contribution in [2.75, 3.05) is 13.2 Å². The lowest BCUT2D eigenvalue weighted by atomic mass is 10.1. The van der Waals surface area contributed by atoms with E-state index < -0.39 is 0 Å². The maximum atomic E-state index is 12.3. The van der Waals surface area contributed by atoms with Crippen molar-refractivity contribution in [1.82, 2.24) is 15.2 Å². The average Bonchev–Trinajstić information content (AvgIpc) is 3.15. The molecule has 23 heavy (non-hydrogen) atoms. The second kappa shape index (κ2) is 5.45. The largest absolute Gasteiger partial charge is 0.491 e. The number of carbonyl (C=O) groups is 2. The highest BCUT2D eigenvalue weighted by Gasteiger charge is 2.56. The number of fused-ring (bicyclic) bond motifs is 5. The minimum Gasteiger partial charge on any atom is -0.396 e. The Kier molecular flexibility index (Phi) is 3.53. The van der Waals surface area contributed by atoms with E-state index in [0.29, 0.717) is 18.7 Å². The van der Waals surface area contributed by atoms with E-state index in [1.165, 1.54) is 0 Å². The van der Waals surface area contributed by atoms with Crippen molar-refractivity contribution in [2.24, 2.45) is 0 Å². The highest BCUT2D eigenvalue weighted by molar-refractivity contribution is 9.10. The third-order valence-electron chi connectivity index (χ3n) is 4.94. The van der Waals surface area contributed by atoms with Crippen LogP contribution in [-0.4, -0.2) is 57.1 Å². The molecule has 4 rings (SSSR count). The normalized spacial score (nSPS) is 28.3. The van der Waals surface area contributed by atoms with Gasteiger partial charge in [-0.25, -0.2) is 5.32 Å². The van der Waals surface area contributed by atoms with E-state index >= 15 is 0 Å². The summed E-state index contributed by atoms with van der Waals surface area (Å²) in [5.74, 6) is -0.105. The van der Waals surface area contributed by atoms with Crippen molar-refractivity contribution >= 4 is 33.6 Å². The Morgan fingerprint density at radius 3 is 2.91 bits per heavy atom. The van der Waals surface area contributed by atoms with Crippen LogP contribution < -0.4 is 10.6 Å². The molecule has 122 valence electrons. The number of hydrogen-bond acceptors (Lipinski definition) is 3. The lowest BCUT2D eigenvalue weighted by Crippen LogP contribution is -2.54. The van der Waals surface area contributed by atoms with Crippen LogP contribution in [0.15, 0.2) is 16.7 Å². The zero-order chi connectivity index (χ0) is 16.1. The van der Waals surface area contributed by atoms with Crippen LogP contribution in [0.5, 0.6) is 0 Å². The summed E-state index contributed by atoms with van der Waals surface area (Å²) in [4.78, 5) is 24.5. The highest BCUT2D eigenvalue weighted by Crippen LogP contribution is 2.37. The highest BCUT2D eigenvalue weighted by atomic mass is 79.9. The number of nitrogens with zero attached hydrogens (tertiary/aromatic N) is 2. The maximum absolute atomic E-state index is 12.3. The van der Waals surface area contributed by atoms with Crippen LogP contribution in [0.4, 0.5) is 4.79 Å². The van der Waals surface area contributed by atoms with Gasteiger partial charge in [-0.05, 0) is 40.9 Å². The number of urea groups is 1. The number of rotatable bonds is 4. The van der Waals surface area contributed by atoms with Gasteiger partial charge < -0.3 is 15.0 Å². The molecule has 1 aromatic rings. The molecule has 8 heteroatoms. The fourth-order valence-corrected chi connectivity index (χ4v) is 4.51. The summed E-state index contributed by atoms with van der Waals surface area (Å²) in [6, 6.07) is 3.43. The zero-order valence-corrected chi connectivity index (χ0v) is 14.0. The molecule has 3 amide bonds. The summed E-state index contributed by atoms with van der Waals surface area (Å²) in [6.45, 7) is 0.737. The standard InChI is InChI=1S/C15H17BrN4O3/c16-11-4-3-8-14(22)17-13-10(20(8)11)7-9-12(13)18-15(23)19(9)5-1-2-6-21/h3-4,10,12-13,21H,1-2,5-7H2,(H-,17,18,22,23)/p+1/t10-,12-,13-/m1/s1. The number of aromatic nitrogens is 1. The number of halogens is 1. The van der Waals surface area contributed by atoms with E-state index in [1.807, 2.05) is 16.7 Å². The van der Waals surface area contributed by atoms with Crippen molar-refractivity contribution in [2.45, 2.75) is 37.4 Å². The third kappa shape index (κ3) is 2.15. The van der Waals surface area contributed by atoms with E-state index in [2.05, 4.69) is 26.6 Å². The van der Waals surface area contributed by atoms with E-state index in [4.69, 9.17) is 5.11 Å². The lowest BCUT2D eigenvalue weighted by molar-refractivity contribution is -0.424. The van der Waals surface area contributed by atoms with Crippen LogP contribution in [-0.2, 0) is 0 Å². The number of aliphatic hydroxyl groups is 1. The molecule has 3 heterocycles. The maximum Gasteiger partial charge on any atom is 0.491 e. The Morgan fingerprint density at radius 1 is 1.30 bits per heavy atom. The van der Waals surface area contributed by atoms with Gasteiger partial charge in [0.25, 0.3) is 5.91 Å². The molecule has 1 saturated carbocycles. The summed E-state index contributed by atoms with van der Waals surface area (Å²) in [5.41, 5.74) is 1.69. The van der Waals surface area contributed by atoms with Gasteiger partial charge >= 0.3 is 6.03 Å². The molecule has 0 aromatic carbocycles. The number of aliphatic hydroxyl groups excluding tert-OH is 1. The van der Waals surface area contributed by atoms with E-state index in [0.717, 1.165) is 23.2 Å². The topological polar surface area (TPSA) is 86.4 Å². The summed E-state index contributed by atoms with van der Waals surface area (Å²) in [5, 5.41) is 15.0. The van der Waals surface area contributed by atoms with Crippen LogP contribution in [0.2, 0.25) is 0 Å². The molecule has 3 aliphatic rings. The second-order valence-corrected chi connectivity index (χ2v) is 7.00. The molecule has 2 aliphatic heterocycles. The van der Waals surface area contributed by atoms with Gasteiger partial charge in [-0.15, -0.1) is 0 Å². The van der Waals surface area contributed by atoms with Crippen molar-refractivity contribution in [3.05, 3.63) is 22.4 Å². The molecule has 3 atom stereocenters. The Bertz CT molecular complexity index is 726. The molecule has 1 aromatic heterocycles. The SMILES string of the molecule is O=C1N[C@H]2[C@@H]3NC(=O)[N+](CCCCO)=C3C[C@H]2n2c(Br)ccc21. The molecule has 3 N–H and O–H groups in total. The fourth-order valence-electron chi connectivity index (χ4n) is 3.92. The number of amides is 3. The first-order valence-corrected chi connectivity index (χ1v) is 8.63. The Balaban J connectivity index is 1.69. The molecule has 0 radical (unpaired) electrons. The number of nitrogens with one attached hydrogen (secondary N) is 2. The summed E-state index contributed by atoms with van der Waals surface area (Å²) in [6.07, 6.45) is 2.17. The molecule has 0 bridgehead atoms. The zero-order valence-electron chi connectivity index (χ0n) is 12.5. The molecule has 1 fully saturated rings. The van der Waals surface area contributed by atoms with Crippen LogP contribution in [0.3, 0.4) is 0 Å². The van der Waals surface area contributed by atoms with Gasteiger partial charge in [0.05, 0.1) is 23.2 Å². The molecular weight excluding hydrogens is 364 g/mol. The number of carbonyl (C=O) groups excluding carboxylic acids is 2. The van der Waals surface area contributed by atoms with Gasteiger partial charge in [0.2, 0.25) is 0 Å². The smallest absolute Gasteiger partial charge is 0.396 e. The molecule has 0 saturated heterocycles. The summed E-state index contributed by atoms with van der Waals surface area (Å²) < 4.78 is 4.69. The molecule has 0 unspecified atom stereocenters. The van der Waals surface area contributed by atoms with Crippen molar-refractivity contribution in [3.63, 3.8) is 0 Å². The second-order valence-electron chi connectivity index (χ2n) is 6.18. The molecular formula is C15H18BrN4O3+. The van der Waals surface area contributed by atoms with Crippen molar-refractivity contribution < 1.29 is 19.3 Å². The van der Waals surface area contributed by atoms with Gasteiger partial charge in [-0.3, -0.25) is 4.79 Å². The predicted molar refractivity (Wildman–Crippen MR) is 85.8 cm³/mol. The van der Waals surface area contributed by atoms with Crippen molar-refractivity contribution in [1.29, 1.82) is 0 Å². The Labute approximate surface area is 141 Å². The summed E-state index contributed by atoms with van der Waals surface area (Å²) >= 11 is 3.52. The number of unbranched alkanes of at least 4 members (excludes halogenated alkanes) is 1. The monoisotopic (exact) mass is 381 g/mol. The van der Waals surface area contributed by atoms with Gasteiger partial charge in [-0.2, -0.15) is 9.37 Å². The van der Waals surface area contributed by atoms with Crippen LogP contribution in [0.25, 0.3) is 0 Å². The van der Waals surface area contributed by atoms with Crippen LogP contribution in [0.1, 0.15) is 35.8 Å². The molecule has 1 aliphatic carbocycles. The minimum atomic E-state index is -0.145. The predicted octanol–water partition coefficient (Wildman–Crippen LogP) is 0.625. The van der Waals surface area contributed by atoms with Gasteiger partial charge in [0, 0.05) is 13.0 Å². The molecule has 7 nitrogen and oxygen atoms in total. The Hall–Kier alpha value is -1.67. The van der Waals surface area contributed by atoms with Gasteiger partial charge in [-0.1, -0.05) is 0 Å². The molecule has 0 spiro atoms. The van der Waals surface area contributed by atoms with E-state index in [9.17, 15) is 9.59 Å². The third-order valence-corrected chi connectivity index (χ3v) is 5.59. The minimum absolute atomic E-state index is 0.104. The van der Waals surface area contributed by atoms with Crippen molar-refractivity contribution in [3.8, 4) is 0 Å². The van der Waals surface area contributed by atoms with E-state index in [-0.39, 0.29) is 36.7 Å². The first kappa shape index (κ1) is 14.9. The summed E-state index contributed by atoms with van der Waals surface area (Å²) in [7, 11) is 0. The van der Waals surface area contributed by atoms with Gasteiger partial charge in [0.1, 0.15) is 11.4 Å². The fraction of sp³-hybridized carbons (Fsp3) is 0.533. The van der Waals surface area contributed by atoms with Crippen LogP contribution in [0, 0.1) is 0 Å². The van der Waals surface area contributed by atoms with E-state index in [1.54, 1.807) is 4.58 Å². The lowest BCUT2D eigenvalue weighted by Gasteiger charge is -2.30. The average molecular weight is 382 g/mol. The first-order valence-electron chi connectivity index (χ1n) is 7.84. The van der Waals surface area contributed by atoms with Gasteiger partial charge in [0.15, 0.2) is 6.04 Å². The quantitative estimate of drug-likeness (QED) is 0.527. The Morgan fingerprint density at radius 2 is 2.13 bits per heavy atom.